The maximum Gasteiger partial charge on any atom is 0.417 e. The molecule has 4 nitrogen and oxygen atoms in total. The van der Waals surface area contributed by atoms with E-state index in [1.54, 1.807) is 20.8 Å². The summed E-state index contributed by atoms with van der Waals surface area (Å²) in [4.78, 5) is 37.8. The van der Waals surface area contributed by atoms with Crippen LogP contribution in [-0.2, 0) is 20.6 Å². The fourth-order valence-electron chi connectivity index (χ4n) is 3.71. The molecule has 1 aliphatic carbocycles. The normalized spacial score (nSPS) is 21.0. The van der Waals surface area contributed by atoms with E-state index < -0.39 is 51.8 Å². The highest BCUT2D eigenvalue weighted by molar-refractivity contribution is 6.38. The maximum atomic E-state index is 13.6. The van der Waals surface area contributed by atoms with Crippen molar-refractivity contribution in [2.45, 2.75) is 54.6 Å². The summed E-state index contributed by atoms with van der Waals surface area (Å²) in [7, 11) is 0. The summed E-state index contributed by atoms with van der Waals surface area (Å²) in [6.45, 7) is 10.4. The molecule has 162 valence electrons. The summed E-state index contributed by atoms with van der Waals surface area (Å²) in [5.41, 5.74) is -1.96. The number of carbonyl (C=O) groups excluding carboxylic acids is 3. The molecule has 0 bridgehead atoms. The molecule has 1 saturated carbocycles. The van der Waals surface area contributed by atoms with Crippen LogP contribution in [-0.4, -0.2) is 22.5 Å². The Morgan fingerprint density at radius 2 is 1.60 bits per heavy atom. The van der Waals surface area contributed by atoms with Crippen molar-refractivity contribution in [2.75, 3.05) is 0 Å². The minimum absolute atomic E-state index is 0.0485. The van der Waals surface area contributed by atoms with Crippen LogP contribution in [0, 0.1) is 18.3 Å². The summed E-state index contributed by atoms with van der Waals surface area (Å²) < 4.78 is 40.9. The molecule has 0 radical (unpaired) electrons. The SMILES string of the molecule is CC(C)=C(C)c1c(C(F)(F)F)ccc(C(O)=C2C(=O)C(C)C(=O)C(C)(C)C2=O)c1C. The minimum atomic E-state index is -4.63. The summed E-state index contributed by atoms with van der Waals surface area (Å²) in [6, 6.07) is 1.88. The number of ketones is 3. The second-order valence-corrected chi connectivity index (χ2v) is 8.41. The molecule has 0 aromatic heterocycles. The van der Waals surface area contributed by atoms with Crippen LogP contribution >= 0.6 is 0 Å². The van der Waals surface area contributed by atoms with Gasteiger partial charge in [0.25, 0.3) is 0 Å². The topological polar surface area (TPSA) is 71.4 Å². The van der Waals surface area contributed by atoms with Gasteiger partial charge in [0.1, 0.15) is 11.3 Å². The monoisotopic (exact) mass is 422 g/mol. The van der Waals surface area contributed by atoms with Crippen LogP contribution in [0.5, 0.6) is 0 Å². The van der Waals surface area contributed by atoms with Crippen LogP contribution in [0.2, 0.25) is 0 Å². The molecule has 1 N–H and O–H groups in total. The van der Waals surface area contributed by atoms with E-state index in [9.17, 15) is 32.7 Å². The van der Waals surface area contributed by atoms with E-state index in [4.69, 9.17) is 0 Å². The summed E-state index contributed by atoms with van der Waals surface area (Å²) in [5, 5.41) is 10.9. The average Bonchev–Trinajstić information content (AvgIpc) is 2.63. The highest BCUT2D eigenvalue weighted by atomic mass is 19.4. The van der Waals surface area contributed by atoms with E-state index in [1.807, 2.05) is 0 Å². The Bertz CT molecular complexity index is 1020. The predicted octanol–water partition coefficient (Wildman–Crippen LogP) is 5.48. The second kappa shape index (κ2) is 7.52. The van der Waals surface area contributed by atoms with Crippen molar-refractivity contribution in [1.82, 2.24) is 0 Å². The first kappa shape index (κ1) is 23.6. The lowest BCUT2D eigenvalue weighted by molar-refractivity contribution is -0.146. The van der Waals surface area contributed by atoms with Crippen molar-refractivity contribution in [2.24, 2.45) is 11.3 Å². The van der Waals surface area contributed by atoms with Gasteiger partial charge in [-0.15, -0.1) is 0 Å². The van der Waals surface area contributed by atoms with Gasteiger partial charge >= 0.3 is 6.18 Å². The first-order chi connectivity index (χ1) is 13.5. The third-order valence-electron chi connectivity index (χ3n) is 5.83. The Hall–Kier alpha value is -2.70. The van der Waals surface area contributed by atoms with E-state index in [0.717, 1.165) is 12.1 Å². The Morgan fingerprint density at radius 3 is 2.07 bits per heavy atom. The van der Waals surface area contributed by atoms with Crippen molar-refractivity contribution in [3.05, 3.63) is 45.5 Å². The lowest BCUT2D eigenvalue weighted by Crippen LogP contribution is -2.48. The molecule has 7 heteroatoms. The van der Waals surface area contributed by atoms with E-state index in [1.165, 1.54) is 27.7 Å². The molecular weight excluding hydrogens is 397 g/mol. The van der Waals surface area contributed by atoms with Crippen molar-refractivity contribution in [3.8, 4) is 0 Å². The number of alkyl halides is 3. The summed E-state index contributed by atoms with van der Waals surface area (Å²) in [6.07, 6.45) is -4.63. The molecule has 1 aliphatic rings. The third kappa shape index (κ3) is 3.61. The first-order valence-electron chi connectivity index (χ1n) is 9.47. The van der Waals surface area contributed by atoms with Crippen LogP contribution in [0.25, 0.3) is 11.3 Å². The Balaban J connectivity index is 2.89. The molecule has 30 heavy (non-hydrogen) atoms. The largest absolute Gasteiger partial charge is 0.506 e. The van der Waals surface area contributed by atoms with Crippen molar-refractivity contribution >= 4 is 28.7 Å². The quantitative estimate of drug-likeness (QED) is 0.297. The molecule has 1 aromatic carbocycles. The molecule has 0 heterocycles. The van der Waals surface area contributed by atoms with Gasteiger partial charge < -0.3 is 5.11 Å². The maximum absolute atomic E-state index is 13.6. The smallest absolute Gasteiger partial charge is 0.417 e. The molecule has 1 aromatic rings. The number of hydrogen-bond acceptors (Lipinski definition) is 4. The lowest BCUT2D eigenvalue weighted by atomic mass is 9.67. The van der Waals surface area contributed by atoms with Crippen LogP contribution in [0.3, 0.4) is 0 Å². The van der Waals surface area contributed by atoms with Gasteiger partial charge in [0.05, 0.1) is 16.9 Å². The Labute approximate surface area is 173 Å². The zero-order valence-electron chi connectivity index (χ0n) is 18.0. The van der Waals surface area contributed by atoms with Gasteiger partial charge in [0.15, 0.2) is 17.3 Å². The minimum Gasteiger partial charge on any atom is -0.506 e. The Morgan fingerprint density at radius 1 is 1.07 bits per heavy atom. The second-order valence-electron chi connectivity index (χ2n) is 8.41. The molecule has 1 atom stereocenters. The zero-order valence-corrected chi connectivity index (χ0v) is 18.0. The molecule has 2 rings (SSSR count). The van der Waals surface area contributed by atoms with Crippen LogP contribution in [0.1, 0.15) is 63.8 Å². The first-order valence-corrected chi connectivity index (χ1v) is 9.47. The third-order valence-corrected chi connectivity index (χ3v) is 5.83. The molecule has 0 amide bonds. The molecule has 1 unspecified atom stereocenters. The number of rotatable bonds is 2. The predicted molar refractivity (Wildman–Crippen MR) is 108 cm³/mol. The van der Waals surface area contributed by atoms with E-state index in [0.29, 0.717) is 11.1 Å². The van der Waals surface area contributed by atoms with Crippen molar-refractivity contribution in [1.29, 1.82) is 0 Å². The standard InChI is InChI=1S/C23H25F3O4/c1-10(2)11(3)16-12(4)14(8-9-15(16)23(24,25)26)19(28)17-18(27)13(5)20(29)22(6,7)21(17)30/h8-9,13,28H,1-7H3. The van der Waals surface area contributed by atoms with Crippen LogP contribution in [0.4, 0.5) is 13.2 Å². The van der Waals surface area contributed by atoms with Gasteiger partial charge in [-0.1, -0.05) is 11.6 Å². The van der Waals surface area contributed by atoms with Gasteiger partial charge in [-0.25, -0.2) is 0 Å². The number of halogens is 3. The fourth-order valence-corrected chi connectivity index (χ4v) is 3.71. The number of benzene rings is 1. The number of hydrogen-bond donors (Lipinski definition) is 1. The number of Topliss-reactive ketones (excluding diaryl/α,β-unsaturated/α-hetero) is 3. The van der Waals surface area contributed by atoms with Crippen molar-refractivity contribution < 1.29 is 32.7 Å². The van der Waals surface area contributed by atoms with Gasteiger partial charge in [-0.05, 0) is 71.2 Å². The fraction of sp³-hybridized carbons (Fsp3) is 0.435. The van der Waals surface area contributed by atoms with Crippen molar-refractivity contribution in [3.63, 3.8) is 0 Å². The number of carbonyl (C=O) groups is 3. The molecule has 0 aliphatic heterocycles. The van der Waals surface area contributed by atoms with Gasteiger partial charge in [0.2, 0.25) is 0 Å². The molecule has 0 saturated heterocycles. The number of aliphatic hydroxyl groups excluding tert-OH is 1. The van der Waals surface area contributed by atoms with Gasteiger partial charge in [0, 0.05) is 5.56 Å². The van der Waals surface area contributed by atoms with Gasteiger partial charge in [-0.2, -0.15) is 13.2 Å². The number of aliphatic hydroxyl groups is 1. The zero-order chi connectivity index (χ0) is 23.3. The number of allylic oxidation sites excluding steroid dienone is 3. The Kier molecular flexibility index (Phi) is 5.91. The highest BCUT2D eigenvalue weighted by Gasteiger charge is 2.51. The average molecular weight is 422 g/mol. The molecular formula is C23H25F3O4. The summed E-state index contributed by atoms with van der Waals surface area (Å²) >= 11 is 0. The van der Waals surface area contributed by atoms with Gasteiger partial charge in [-0.3, -0.25) is 14.4 Å². The molecule has 1 fully saturated rings. The molecule has 0 spiro atoms. The summed E-state index contributed by atoms with van der Waals surface area (Å²) in [5.74, 6) is -4.07. The van der Waals surface area contributed by atoms with Crippen LogP contribution in [0.15, 0.2) is 23.3 Å². The lowest BCUT2D eigenvalue weighted by Gasteiger charge is -2.31. The van der Waals surface area contributed by atoms with E-state index in [-0.39, 0.29) is 16.7 Å². The van der Waals surface area contributed by atoms with Crippen LogP contribution < -0.4 is 0 Å². The van der Waals surface area contributed by atoms with E-state index >= 15 is 0 Å². The van der Waals surface area contributed by atoms with E-state index in [2.05, 4.69) is 0 Å². The highest BCUT2D eigenvalue weighted by Crippen LogP contribution is 2.41.